The van der Waals surface area contributed by atoms with Crippen molar-refractivity contribution in [2.45, 2.75) is 4.90 Å². The molecule has 0 fully saturated rings. The Hall–Kier alpha value is -1.68. The standard InChI is InChI=1S/C9H15N5O3S/c10-6-7-11-12-9(15)13-14-18(16,17)8-4-2-1-3-5-8/h1-5,11,14H,6-7,10H2,(H2,12,13,15). The molecule has 0 atom stereocenters. The SMILES string of the molecule is NCCNNC(=O)NNS(=O)(=O)c1ccccc1. The molecule has 1 aromatic rings. The summed E-state index contributed by atoms with van der Waals surface area (Å²) in [5.41, 5.74) is 11.9. The van der Waals surface area contributed by atoms with Gasteiger partial charge in [-0.1, -0.05) is 18.2 Å². The van der Waals surface area contributed by atoms with Gasteiger partial charge in [0.25, 0.3) is 10.0 Å². The van der Waals surface area contributed by atoms with Crippen LogP contribution in [-0.4, -0.2) is 27.5 Å². The summed E-state index contributed by atoms with van der Waals surface area (Å²) in [5, 5.41) is 0. The van der Waals surface area contributed by atoms with E-state index in [0.717, 1.165) is 0 Å². The third-order valence-electron chi connectivity index (χ3n) is 1.82. The van der Waals surface area contributed by atoms with Crippen molar-refractivity contribution in [3.63, 3.8) is 0 Å². The molecule has 2 amide bonds. The van der Waals surface area contributed by atoms with Crippen molar-refractivity contribution < 1.29 is 13.2 Å². The Morgan fingerprint density at radius 3 is 2.44 bits per heavy atom. The van der Waals surface area contributed by atoms with Crippen molar-refractivity contribution in [1.82, 2.24) is 21.1 Å². The highest BCUT2D eigenvalue weighted by atomic mass is 32.2. The average Bonchev–Trinajstić information content (AvgIpc) is 2.38. The molecule has 0 aliphatic rings. The Balaban J connectivity index is 2.46. The van der Waals surface area contributed by atoms with Crippen LogP contribution in [0.25, 0.3) is 0 Å². The summed E-state index contributed by atoms with van der Waals surface area (Å²) < 4.78 is 23.3. The van der Waals surface area contributed by atoms with Crippen molar-refractivity contribution in [3.8, 4) is 0 Å². The second-order valence-corrected chi connectivity index (χ2v) is 4.90. The number of rotatable bonds is 6. The zero-order chi connectivity index (χ0) is 13.4. The van der Waals surface area contributed by atoms with Crippen molar-refractivity contribution in [1.29, 1.82) is 0 Å². The van der Waals surface area contributed by atoms with E-state index in [-0.39, 0.29) is 4.90 Å². The first-order valence-electron chi connectivity index (χ1n) is 5.12. The summed E-state index contributed by atoms with van der Waals surface area (Å²) in [6.07, 6.45) is 0. The fourth-order valence-corrected chi connectivity index (χ4v) is 1.88. The number of benzene rings is 1. The van der Waals surface area contributed by atoms with E-state index >= 15 is 0 Å². The number of amides is 2. The highest BCUT2D eigenvalue weighted by molar-refractivity contribution is 7.89. The molecule has 18 heavy (non-hydrogen) atoms. The number of hydrogen-bond acceptors (Lipinski definition) is 5. The predicted octanol–water partition coefficient (Wildman–Crippen LogP) is -1.36. The lowest BCUT2D eigenvalue weighted by Gasteiger charge is -2.09. The maximum Gasteiger partial charge on any atom is 0.344 e. The molecular formula is C9H15N5O3S. The number of hydrazine groups is 2. The molecule has 100 valence electrons. The first kappa shape index (κ1) is 14.4. The fourth-order valence-electron chi connectivity index (χ4n) is 1.02. The van der Waals surface area contributed by atoms with Gasteiger partial charge in [-0.15, -0.1) is 4.83 Å². The quantitative estimate of drug-likeness (QED) is 0.323. The zero-order valence-corrected chi connectivity index (χ0v) is 10.3. The van der Waals surface area contributed by atoms with Crippen LogP contribution < -0.4 is 26.8 Å². The fraction of sp³-hybridized carbons (Fsp3) is 0.222. The van der Waals surface area contributed by atoms with E-state index in [0.29, 0.717) is 13.1 Å². The smallest absolute Gasteiger partial charge is 0.329 e. The minimum atomic E-state index is -3.76. The van der Waals surface area contributed by atoms with Crippen LogP contribution in [0.5, 0.6) is 0 Å². The highest BCUT2D eigenvalue weighted by Gasteiger charge is 2.13. The Labute approximate surface area is 105 Å². The maximum atomic E-state index is 11.7. The molecule has 0 radical (unpaired) electrons. The van der Waals surface area contributed by atoms with E-state index in [2.05, 4.69) is 10.9 Å². The first-order valence-corrected chi connectivity index (χ1v) is 6.60. The van der Waals surface area contributed by atoms with Gasteiger partial charge in [0, 0.05) is 13.1 Å². The molecule has 0 spiro atoms. The Kier molecular flexibility index (Phi) is 5.52. The molecule has 0 aliphatic heterocycles. The lowest BCUT2D eigenvalue weighted by Crippen LogP contribution is -2.51. The van der Waals surface area contributed by atoms with Crippen LogP contribution in [-0.2, 0) is 10.0 Å². The number of nitrogens with one attached hydrogen (secondary N) is 4. The van der Waals surface area contributed by atoms with Crippen LogP contribution in [0.4, 0.5) is 4.79 Å². The van der Waals surface area contributed by atoms with E-state index in [1.165, 1.54) is 12.1 Å². The topological polar surface area (TPSA) is 125 Å². The minimum absolute atomic E-state index is 0.0558. The molecule has 0 aromatic heterocycles. The van der Waals surface area contributed by atoms with E-state index < -0.39 is 16.1 Å². The Morgan fingerprint density at radius 1 is 1.17 bits per heavy atom. The van der Waals surface area contributed by atoms with Crippen molar-refractivity contribution in [3.05, 3.63) is 30.3 Å². The van der Waals surface area contributed by atoms with Gasteiger partial charge < -0.3 is 5.73 Å². The van der Waals surface area contributed by atoms with Crippen molar-refractivity contribution in [2.75, 3.05) is 13.1 Å². The molecule has 0 aliphatic carbocycles. The van der Waals surface area contributed by atoms with Crippen LogP contribution in [0.1, 0.15) is 0 Å². The van der Waals surface area contributed by atoms with E-state index in [1.54, 1.807) is 18.2 Å². The van der Waals surface area contributed by atoms with Gasteiger partial charge in [-0.25, -0.2) is 18.6 Å². The number of nitrogens with two attached hydrogens (primary N) is 1. The van der Waals surface area contributed by atoms with E-state index in [1.807, 2.05) is 10.3 Å². The van der Waals surface area contributed by atoms with Gasteiger partial charge in [-0.3, -0.25) is 10.9 Å². The van der Waals surface area contributed by atoms with Gasteiger partial charge in [0.05, 0.1) is 4.90 Å². The first-order chi connectivity index (χ1) is 8.56. The molecule has 0 unspecified atom stereocenters. The summed E-state index contributed by atoms with van der Waals surface area (Å²) in [7, 11) is -3.76. The molecule has 9 heteroatoms. The zero-order valence-electron chi connectivity index (χ0n) is 9.51. The Bertz CT molecular complexity index is 476. The molecular weight excluding hydrogens is 258 g/mol. The molecule has 8 nitrogen and oxygen atoms in total. The summed E-state index contributed by atoms with van der Waals surface area (Å²) in [4.78, 5) is 13.1. The normalized spacial score (nSPS) is 10.9. The lowest BCUT2D eigenvalue weighted by molar-refractivity contribution is 0.235. The minimum Gasteiger partial charge on any atom is -0.329 e. The third kappa shape index (κ3) is 4.67. The molecule has 1 rings (SSSR count). The number of sulfonamides is 1. The molecule has 1 aromatic carbocycles. The number of urea groups is 1. The predicted molar refractivity (Wildman–Crippen MR) is 65.5 cm³/mol. The average molecular weight is 273 g/mol. The van der Waals surface area contributed by atoms with Gasteiger partial charge >= 0.3 is 6.03 Å². The Morgan fingerprint density at radius 2 is 1.83 bits per heavy atom. The maximum absolute atomic E-state index is 11.7. The molecule has 0 saturated heterocycles. The van der Waals surface area contributed by atoms with Crippen molar-refractivity contribution in [2.24, 2.45) is 5.73 Å². The summed E-state index contributed by atoms with van der Waals surface area (Å²) in [6, 6.07) is 6.94. The number of hydrogen-bond donors (Lipinski definition) is 5. The summed E-state index contributed by atoms with van der Waals surface area (Å²) in [6.45, 7) is 0.717. The van der Waals surface area contributed by atoms with Crippen LogP contribution in [0.15, 0.2) is 35.2 Å². The van der Waals surface area contributed by atoms with Crippen LogP contribution in [0, 0.1) is 0 Å². The molecule has 0 saturated carbocycles. The third-order valence-corrected chi connectivity index (χ3v) is 3.09. The van der Waals surface area contributed by atoms with Crippen LogP contribution in [0.2, 0.25) is 0 Å². The van der Waals surface area contributed by atoms with Crippen LogP contribution in [0.3, 0.4) is 0 Å². The van der Waals surface area contributed by atoms with E-state index in [4.69, 9.17) is 5.73 Å². The summed E-state index contributed by atoms with van der Waals surface area (Å²) >= 11 is 0. The number of carbonyl (C=O) groups excluding carboxylic acids is 1. The van der Waals surface area contributed by atoms with Gasteiger partial charge in [0.15, 0.2) is 0 Å². The summed E-state index contributed by atoms with van der Waals surface area (Å²) in [5.74, 6) is 0. The van der Waals surface area contributed by atoms with Gasteiger partial charge in [0.1, 0.15) is 0 Å². The lowest BCUT2D eigenvalue weighted by atomic mass is 10.4. The van der Waals surface area contributed by atoms with E-state index in [9.17, 15) is 13.2 Å². The number of carbonyl (C=O) groups is 1. The van der Waals surface area contributed by atoms with Crippen LogP contribution >= 0.6 is 0 Å². The largest absolute Gasteiger partial charge is 0.344 e. The molecule has 0 bridgehead atoms. The van der Waals surface area contributed by atoms with Gasteiger partial charge in [0.2, 0.25) is 0 Å². The van der Waals surface area contributed by atoms with Crippen molar-refractivity contribution >= 4 is 16.1 Å². The van der Waals surface area contributed by atoms with Gasteiger partial charge in [-0.05, 0) is 12.1 Å². The van der Waals surface area contributed by atoms with Gasteiger partial charge in [-0.2, -0.15) is 0 Å². The second kappa shape index (κ2) is 6.91. The highest BCUT2D eigenvalue weighted by Crippen LogP contribution is 2.05. The molecule has 0 heterocycles. The second-order valence-electron chi connectivity index (χ2n) is 3.21. The monoisotopic (exact) mass is 273 g/mol. The molecule has 6 N–H and O–H groups in total.